The van der Waals surface area contributed by atoms with Crippen molar-refractivity contribution in [2.45, 2.75) is 45.6 Å². The van der Waals surface area contributed by atoms with Gasteiger partial charge < -0.3 is 5.32 Å². The van der Waals surface area contributed by atoms with Crippen LogP contribution in [0.4, 0.5) is 4.39 Å². The average molecular weight is 235 g/mol. The van der Waals surface area contributed by atoms with Gasteiger partial charge in [0.15, 0.2) is 0 Å². The second-order valence-electron chi connectivity index (χ2n) is 5.10. The van der Waals surface area contributed by atoms with Gasteiger partial charge in [-0.15, -0.1) is 0 Å². The summed E-state index contributed by atoms with van der Waals surface area (Å²) in [6.07, 6.45) is 5.04. The molecule has 1 aromatic carbocycles. The van der Waals surface area contributed by atoms with Gasteiger partial charge >= 0.3 is 0 Å². The van der Waals surface area contributed by atoms with Crippen molar-refractivity contribution in [3.8, 4) is 0 Å². The molecule has 17 heavy (non-hydrogen) atoms. The zero-order valence-corrected chi connectivity index (χ0v) is 10.8. The molecule has 1 atom stereocenters. The minimum atomic E-state index is -0.0616. The summed E-state index contributed by atoms with van der Waals surface area (Å²) >= 11 is 0. The summed E-state index contributed by atoms with van der Waals surface area (Å²) in [6.45, 7) is 5.02. The van der Waals surface area contributed by atoms with E-state index in [2.05, 4.69) is 12.2 Å². The molecule has 1 nitrogen and oxygen atoms in total. The molecule has 0 bridgehead atoms. The molecule has 94 valence electrons. The first kappa shape index (κ1) is 12.6. The van der Waals surface area contributed by atoms with Crippen LogP contribution in [0.25, 0.3) is 0 Å². The Labute approximate surface area is 103 Å². The lowest BCUT2D eigenvalue weighted by Gasteiger charge is -2.25. The topological polar surface area (TPSA) is 12.0 Å². The Kier molecular flexibility index (Phi) is 4.16. The summed E-state index contributed by atoms with van der Waals surface area (Å²) in [4.78, 5) is 0. The van der Waals surface area contributed by atoms with Gasteiger partial charge in [0.25, 0.3) is 0 Å². The Hall–Kier alpha value is -0.890. The number of aryl methyl sites for hydroxylation is 1. The van der Waals surface area contributed by atoms with E-state index in [4.69, 9.17) is 0 Å². The number of hydrogen-bond acceptors (Lipinski definition) is 1. The van der Waals surface area contributed by atoms with E-state index in [1.165, 1.54) is 25.7 Å². The van der Waals surface area contributed by atoms with Gasteiger partial charge in [-0.1, -0.05) is 37.5 Å². The number of benzene rings is 1. The summed E-state index contributed by atoms with van der Waals surface area (Å²) in [7, 11) is 0. The van der Waals surface area contributed by atoms with E-state index in [1.807, 2.05) is 19.1 Å². The third-order valence-corrected chi connectivity index (χ3v) is 3.78. The van der Waals surface area contributed by atoms with E-state index in [1.54, 1.807) is 6.07 Å². The highest BCUT2D eigenvalue weighted by molar-refractivity contribution is 5.27. The van der Waals surface area contributed by atoms with Gasteiger partial charge in [0.05, 0.1) is 0 Å². The van der Waals surface area contributed by atoms with Crippen molar-refractivity contribution < 1.29 is 4.39 Å². The van der Waals surface area contributed by atoms with E-state index in [9.17, 15) is 4.39 Å². The van der Waals surface area contributed by atoms with Crippen molar-refractivity contribution in [3.63, 3.8) is 0 Å². The van der Waals surface area contributed by atoms with Crippen LogP contribution in [0.5, 0.6) is 0 Å². The first-order valence-corrected chi connectivity index (χ1v) is 6.71. The summed E-state index contributed by atoms with van der Waals surface area (Å²) in [5.74, 6) is 0.541. The van der Waals surface area contributed by atoms with Crippen LogP contribution in [0.3, 0.4) is 0 Å². The van der Waals surface area contributed by atoms with Crippen molar-refractivity contribution in [3.05, 3.63) is 35.1 Å². The molecule has 1 unspecified atom stereocenters. The Balaban J connectivity index is 2.27. The van der Waals surface area contributed by atoms with Gasteiger partial charge in [0, 0.05) is 11.6 Å². The average Bonchev–Trinajstić information content (AvgIpc) is 2.83. The maximum Gasteiger partial charge on any atom is 0.128 e. The third kappa shape index (κ3) is 2.86. The predicted molar refractivity (Wildman–Crippen MR) is 69.5 cm³/mol. The normalized spacial score (nSPS) is 18.5. The summed E-state index contributed by atoms with van der Waals surface area (Å²) in [6, 6.07) is 5.64. The van der Waals surface area contributed by atoms with E-state index in [0.717, 1.165) is 17.7 Å². The first-order chi connectivity index (χ1) is 8.22. The summed E-state index contributed by atoms with van der Waals surface area (Å²) in [5.41, 5.74) is 2.00. The SMILES string of the molecule is CCNC(c1cc(C)ccc1F)C1CCCC1. The Morgan fingerprint density at radius 2 is 2.06 bits per heavy atom. The number of hydrogen-bond donors (Lipinski definition) is 1. The zero-order valence-electron chi connectivity index (χ0n) is 10.8. The molecule has 1 fully saturated rings. The molecule has 0 saturated heterocycles. The molecule has 0 spiro atoms. The predicted octanol–water partition coefficient (Wildman–Crippen LogP) is 3.97. The number of nitrogens with one attached hydrogen (secondary N) is 1. The standard InChI is InChI=1S/C15H22FN/c1-3-17-15(12-6-4-5-7-12)13-10-11(2)8-9-14(13)16/h8-10,12,15,17H,3-7H2,1-2H3. The van der Waals surface area contributed by atoms with E-state index < -0.39 is 0 Å². The van der Waals surface area contributed by atoms with Crippen LogP contribution in [0.2, 0.25) is 0 Å². The first-order valence-electron chi connectivity index (χ1n) is 6.71. The van der Waals surface area contributed by atoms with E-state index >= 15 is 0 Å². The fraction of sp³-hybridized carbons (Fsp3) is 0.600. The van der Waals surface area contributed by atoms with E-state index in [0.29, 0.717) is 5.92 Å². The fourth-order valence-electron chi connectivity index (χ4n) is 2.94. The molecule has 1 saturated carbocycles. The molecule has 0 aromatic heterocycles. The van der Waals surface area contributed by atoms with Crippen molar-refractivity contribution in [1.82, 2.24) is 5.32 Å². The molecule has 0 heterocycles. The molecular weight excluding hydrogens is 213 g/mol. The number of halogens is 1. The van der Waals surface area contributed by atoms with Crippen LogP contribution in [0.15, 0.2) is 18.2 Å². The minimum Gasteiger partial charge on any atom is -0.310 e. The van der Waals surface area contributed by atoms with E-state index in [-0.39, 0.29) is 11.9 Å². The monoisotopic (exact) mass is 235 g/mol. The highest BCUT2D eigenvalue weighted by atomic mass is 19.1. The lowest BCUT2D eigenvalue weighted by molar-refractivity contribution is 0.363. The van der Waals surface area contributed by atoms with Gasteiger partial charge in [0.1, 0.15) is 5.82 Å². The lowest BCUT2D eigenvalue weighted by atomic mass is 9.90. The van der Waals surface area contributed by atoms with Crippen LogP contribution in [-0.2, 0) is 0 Å². The van der Waals surface area contributed by atoms with Gasteiger partial charge in [0.2, 0.25) is 0 Å². The quantitative estimate of drug-likeness (QED) is 0.832. The maximum absolute atomic E-state index is 14.0. The number of rotatable bonds is 4. The van der Waals surface area contributed by atoms with Crippen LogP contribution in [0, 0.1) is 18.7 Å². The van der Waals surface area contributed by atoms with Crippen molar-refractivity contribution in [2.75, 3.05) is 6.54 Å². The Morgan fingerprint density at radius 3 is 2.71 bits per heavy atom. The van der Waals surface area contributed by atoms with Crippen LogP contribution in [-0.4, -0.2) is 6.54 Å². The van der Waals surface area contributed by atoms with Crippen molar-refractivity contribution in [1.29, 1.82) is 0 Å². The van der Waals surface area contributed by atoms with Gasteiger partial charge in [-0.2, -0.15) is 0 Å². The molecule has 1 aliphatic carbocycles. The van der Waals surface area contributed by atoms with Crippen LogP contribution >= 0.6 is 0 Å². The molecular formula is C15H22FN. The van der Waals surface area contributed by atoms with Crippen LogP contribution < -0.4 is 5.32 Å². The minimum absolute atomic E-state index is 0.0616. The molecule has 0 aliphatic heterocycles. The zero-order chi connectivity index (χ0) is 12.3. The fourth-order valence-corrected chi connectivity index (χ4v) is 2.94. The maximum atomic E-state index is 14.0. The third-order valence-electron chi connectivity index (χ3n) is 3.78. The van der Waals surface area contributed by atoms with Gasteiger partial charge in [-0.05, 0) is 38.3 Å². The van der Waals surface area contributed by atoms with Gasteiger partial charge in [-0.25, -0.2) is 4.39 Å². The molecule has 0 radical (unpaired) electrons. The summed E-state index contributed by atoms with van der Waals surface area (Å²) < 4.78 is 14.0. The van der Waals surface area contributed by atoms with Crippen molar-refractivity contribution in [2.24, 2.45) is 5.92 Å². The molecule has 2 heteroatoms. The highest BCUT2D eigenvalue weighted by Gasteiger charge is 2.27. The Morgan fingerprint density at radius 1 is 1.35 bits per heavy atom. The second kappa shape index (κ2) is 5.63. The lowest BCUT2D eigenvalue weighted by Crippen LogP contribution is -2.27. The molecule has 0 amide bonds. The molecule has 1 aromatic rings. The highest BCUT2D eigenvalue weighted by Crippen LogP contribution is 2.36. The van der Waals surface area contributed by atoms with Gasteiger partial charge in [-0.3, -0.25) is 0 Å². The molecule has 2 rings (SSSR count). The smallest absolute Gasteiger partial charge is 0.128 e. The Bertz CT molecular complexity index is 369. The summed E-state index contributed by atoms with van der Waals surface area (Å²) in [5, 5.41) is 3.47. The molecule has 1 aliphatic rings. The largest absolute Gasteiger partial charge is 0.310 e. The van der Waals surface area contributed by atoms with Crippen molar-refractivity contribution >= 4 is 0 Å². The molecule has 1 N–H and O–H groups in total. The van der Waals surface area contributed by atoms with Crippen LogP contribution in [0.1, 0.15) is 49.8 Å². The second-order valence-corrected chi connectivity index (χ2v) is 5.10.